The van der Waals surface area contributed by atoms with Crippen LogP contribution in [0.25, 0.3) is 0 Å². The van der Waals surface area contributed by atoms with E-state index < -0.39 is 0 Å². The second kappa shape index (κ2) is 9.79. The van der Waals surface area contributed by atoms with Crippen LogP contribution in [0.15, 0.2) is 29.3 Å². The molecule has 0 spiro atoms. The minimum atomic E-state index is -0.235. The van der Waals surface area contributed by atoms with Crippen molar-refractivity contribution < 1.29 is 9.13 Å². The highest BCUT2D eigenvalue weighted by Crippen LogP contribution is 2.25. The largest absolute Gasteiger partial charge is 0.367 e. The van der Waals surface area contributed by atoms with E-state index in [9.17, 15) is 4.39 Å². The Bertz CT molecular complexity index is 761. The normalized spacial score (nSPS) is 20.3. The van der Waals surface area contributed by atoms with Crippen LogP contribution in [-0.2, 0) is 11.3 Å². The van der Waals surface area contributed by atoms with E-state index in [-0.39, 0.29) is 42.0 Å². The first-order chi connectivity index (χ1) is 12.5. The molecule has 2 unspecified atom stereocenters. The summed E-state index contributed by atoms with van der Waals surface area (Å²) in [5, 5.41) is 4.46. The molecule has 1 saturated heterocycles. The lowest BCUT2D eigenvalue weighted by atomic mass is 10.1. The van der Waals surface area contributed by atoms with Crippen molar-refractivity contribution in [3.8, 4) is 0 Å². The number of halogens is 2. The first-order valence-electron chi connectivity index (χ1n) is 8.75. The van der Waals surface area contributed by atoms with Gasteiger partial charge in [-0.3, -0.25) is 4.99 Å². The Morgan fingerprint density at radius 3 is 2.63 bits per heavy atom. The number of guanidine groups is 1. The van der Waals surface area contributed by atoms with Gasteiger partial charge in [-0.2, -0.15) is 0 Å². The fourth-order valence-corrected chi connectivity index (χ4v) is 3.96. The Balaban J connectivity index is 0.00000261. The molecule has 1 aromatic heterocycles. The van der Waals surface area contributed by atoms with Crippen molar-refractivity contribution in [2.24, 2.45) is 4.99 Å². The standard InChI is InChI=1S/C19H25FN4OS.HI/c1-12-10-24(11-17(25-12)15-5-7-16(20)8-6-15)19(21-4)22-9-18-23-13(2)14(3)26-18;/h5-8,12,17H,9-11H2,1-4H3,(H,21,22);1H. The van der Waals surface area contributed by atoms with Gasteiger partial charge in [0.05, 0.1) is 24.9 Å². The van der Waals surface area contributed by atoms with Crippen LogP contribution >= 0.6 is 35.3 Å². The van der Waals surface area contributed by atoms with Gasteiger partial charge in [0.1, 0.15) is 16.9 Å². The monoisotopic (exact) mass is 504 g/mol. The van der Waals surface area contributed by atoms with Crippen LogP contribution in [0.1, 0.15) is 34.2 Å². The van der Waals surface area contributed by atoms with Crippen LogP contribution in [0.5, 0.6) is 0 Å². The number of rotatable bonds is 3. The third kappa shape index (κ3) is 5.61. The van der Waals surface area contributed by atoms with E-state index in [0.29, 0.717) is 13.1 Å². The summed E-state index contributed by atoms with van der Waals surface area (Å²) in [6.45, 7) is 8.24. The van der Waals surface area contributed by atoms with Crippen LogP contribution in [0.2, 0.25) is 0 Å². The Morgan fingerprint density at radius 1 is 1.33 bits per heavy atom. The van der Waals surface area contributed by atoms with Crippen LogP contribution < -0.4 is 5.32 Å². The van der Waals surface area contributed by atoms with Gasteiger partial charge in [0.25, 0.3) is 0 Å². The second-order valence-electron chi connectivity index (χ2n) is 6.54. The summed E-state index contributed by atoms with van der Waals surface area (Å²) in [6, 6.07) is 6.52. The van der Waals surface area contributed by atoms with Gasteiger partial charge in [-0.15, -0.1) is 35.3 Å². The lowest BCUT2D eigenvalue weighted by molar-refractivity contribution is -0.0605. The number of aliphatic imine (C=N–C) groups is 1. The molecule has 148 valence electrons. The predicted octanol–water partition coefficient (Wildman–Crippen LogP) is 4.05. The quantitative estimate of drug-likeness (QED) is 0.390. The van der Waals surface area contributed by atoms with E-state index >= 15 is 0 Å². The Hall–Kier alpha value is -1.26. The molecule has 1 aromatic carbocycles. The Labute approximate surface area is 181 Å². The lowest BCUT2D eigenvalue weighted by Crippen LogP contribution is -2.50. The molecule has 8 heteroatoms. The molecule has 0 amide bonds. The van der Waals surface area contributed by atoms with Crippen molar-refractivity contribution in [1.29, 1.82) is 0 Å². The van der Waals surface area contributed by atoms with Crippen molar-refractivity contribution in [2.45, 2.75) is 39.5 Å². The number of morpholine rings is 1. The first-order valence-corrected chi connectivity index (χ1v) is 9.57. The van der Waals surface area contributed by atoms with Gasteiger partial charge in [0.2, 0.25) is 0 Å². The Morgan fingerprint density at radius 2 is 2.04 bits per heavy atom. The highest BCUT2D eigenvalue weighted by molar-refractivity contribution is 14.0. The number of thiazole rings is 1. The number of hydrogen-bond acceptors (Lipinski definition) is 4. The van der Waals surface area contributed by atoms with E-state index in [1.54, 1.807) is 30.5 Å². The van der Waals surface area contributed by atoms with E-state index in [0.717, 1.165) is 28.8 Å². The number of ether oxygens (including phenoxy) is 1. The average Bonchev–Trinajstić information content (AvgIpc) is 2.93. The average molecular weight is 504 g/mol. The summed E-state index contributed by atoms with van der Waals surface area (Å²) in [7, 11) is 1.79. The summed E-state index contributed by atoms with van der Waals surface area (Å²) in [6.07, 6.45) is -0.0519. The molecule has 2 atom stereocenters. The molecule has 1 aliphatic heterocycles. The number of aromatic nitrogens is 1. The van der Waals surface area contributed by atoms with Gasteiger partial charge in [-0.1, -0.05) is 12.1 Å². The van der Waals surface area contributed by atoms with E-state index in [2.05, 4.69) is 27.1 Å². The van der Waals surface area contributed by atoms with Gasteiger partial charge in [0.15, 0.2) is 5.96 Å². The highest BCUT2D eigenvalue weighted by Gasteiger charge is 2.28. The van der Waals surface area contributed by atoms with E-state index in [1.807, 2.05) is 13.8 Å². The molecule has 5 nitrogen and oxygen atoms in total. The maximum atomic E-state index is 13.2. The molecule has 1 N–H and O–H groups in total. The van der Waals surface area contributed by atoms with Crippen molar-refractivity contribution in [3.05, 3.63) is 51.2 Å². The predicted molar refractivity (Wildman–Crippen MR) is 118 cm³/mol. The third-order valence-electron chi connectivity index (χ3n) is 4.48. The van der Waals surface area contributed by atoms with Crippen LogP contribution in [-0.4, -0.2) is 42.1 Å². The molecule has 0 radical (unpaired) electrons. The van der Waals surface area contributed by atoms with Gasteiger partial charge in [-0.05, 0) is 38.5 Å². The van der Waals surface area contributed by atoms with Crippen molar-refractivity contribution in [3.63, 3.8) is 0 Å². The highest BCUT2D eigenvalue weighted by atomic mass is 127. The molecular weight excluding hydrogens is 478 g/mol. The smallest absolute Gasteiger partial charge is 0.194 e. The summed E-state index contributed by atoms with van der Waals surface area (Å²) >= 11 is 1.71. The van der Waals surface area contributed by atoms with Crippen LogP contribution in [0.3, 0.4) is 0 Å². The molecular formula is C19H26FIN4OS. The topological polar surface area (TPSA) is 49.8 Å². The third-order valence-corrected chi connectivity index (χ3v) is 5.56. The van der Waals surface area contributed by atoms with Gasteiger partial charge in [-0.25, -0.2) is 9.37 Å². The summed E-state index contributed by atoms with van der Waals surface area (Å²) < 4.78 is 19.3. The molecule has 2 heterocycles. The van der Waals surface area contributed by atoms with E-state index in [4.69, 9.17) is 4.74 Å². The van der Waals surface area contributed by atoms with Gasteiger partial charge >= 0.3 is 0 Å². The molecule has 3 rings (SSSR count). The summed E-state index contributed by atoms with van der Waals surface area (Å²) in [5.74, 6) is 0.596. The number of aryl methyl sites for hydroxylation is 2. The number of benzene rings is 1. The number of nitrogens with one attached hydrogen (secondary N) is 1. The Kier molecular flexibility index (Phi) is 7.99. The SMILES string of the molecule is CN=C(NCc1nc(C)c(C)s1)N1CC(C)OC(c2ccc(F)cc2)C1.I. The minimum absolute atomic E-state index is 0. The van der Waals surface area contributed by atoms with E-state index in [1.165, 1.54) is 17.0 Å². The molecule has 1 aliphatic rings. The van der Waals surface area contributed by atoms with Crippen molar-refractivity contribution in [2.75, 3.05) is 20.1 Å². The van der Waals surface area contributed by atoms with Crippen molar-refractivity contribution >= 4 is 41.3 Å². The number of nitrogens with zero attached hydrogens (tertiary/aromatic N) is 3. The van der Waals surface area contributed by atoms with Crippen LogP contribution in [0.4, 0.5) is 4.39 Å². The first kappa shape index (κ1) is 22.0. The molecule has 1 fully saturated rings. The fraction of sp³-hybridized carbons (Fsp3) is 0.474. The molecule has 2 aromatic rings. The zero-order valence-electron chi connectivity index (χ0n) is 16.0. The summed E-state index contributed by atoms with van der Waals surface area (Å²) in [4.78, 5) is 12.4. The lowest BCUT2D eigenvalue weighted by Gasteiger charge is -2.38. The summed E-state index contributed by atoms with van der Waals surface area (Å²) in [5.41, 5.74) is 2.06. The van der Waals surface area contributed by atoms with Crippen LogP contribution in [0, 0.1) is 19.7 Å². The van der Waals surface area contributed by atoms with Gasteiger partial charge in [0, 0.05) is 18.5 Å². The molecule has 0 saturated carbocycles. The van der Waals surface area contributed by atoms with Crippen molar-refractivity contribution in [1.82, 2.24) is 15.2 Å². The van der Waals surface area contributed by atoms with Gasteiger partial charge < -0.3 is 15.0 Å². The fourth-order valence-electron chi connectivity index (χ4n) is 3.09. The molecule has 0 bridgehead atoms. The number of hydrogen-bond donors (Lipinski definition) is 1. The zero-order valence-corrected chi connectivity index (χ0v) is 19.2. The second-order valence-corrected chi connectivity index (χ2v) is 7.83. The minimum Gasteiger partial charge on any atom is -0.367 e. The zero-order chi connectivity index (χ0) is 18.7. The molecule has 0 aliphatic carbocycles. The molecule has 27 heavy (non-hydrogen) atoms. The maximum Gasteiger partial charge on any atom is 0.194 e. The maximum absolute atomic E-state index is 13.2.